The van der Waals surface area contributed by atoms with Crippen molar-refractivity contribution in [1.82, 2.24) is 10.2 Å². The molecule has 0 saturated heterocycles. The number of carbonyl (C=O) groups excluding carboxylic acids is 2. The second-order valence-corrected chi connectivity index (χ2v) is 11.9. The molecule has 0 saturated carbocycles. The molecule has 0 aliphatic rings. The summed E-state index contributed by atoms with van der Waals surface area (Å²) >= 11 is 6.50. The van der Waals surface area contributed by atoms with E-state index in [9.17, 15) is 18.0 Å². The van der Waals surface area contributed by atoms with E-state index in [2.05, 4.69) is 5.32 Å². The number of hydrogen-bond acceptors (Lipinski definition) is 5. The topological polar surface area (TPSA) is 96.0 Å². The van der Waals surface area contributed by atoms with Gasteiger partial charge in [0.25, 0.3) is 10.0 Å². The van der Waals surface area contributed by atoms with Gasteiger partial charge in [-0.05, 0) is 48.4 Å². The first-order valence-electron chi connectivity index (χ1n) is 13.8. The fourth-order valence-electron chi connectivity index (χ4n) is 4.70. The van der Waals surface area contributed by atoms with Crippen LogP contribution in [0.15, 0.2) is 114 Å². The van der Waals surface area contributed by atoms with Gasteiger partial charge in [0, 0.05) is 25.0 Å². The first-order valence-corrected chi connectivity index (χ1v) is 15.7. The van der Waals surface area contributed by atoms with Crippen LogP contribution in [0, 0.1) is 0 Å². The van der Waals surface area contributed by atoms with Crippen LogP contribution in [0.2, 0.25) is 5.02 Å². The number of hydrogen-bond donors (Lipinski definition) is 1. The van der Waals surface area contributed by atoms with Crippen molar-refractivity contribution in [3.63, 3.8) is 0 Å². The highest BCUT2D eigenvalue weighted by atomic mass is 35.5. The van der Waals surface area contributed by atoms with Crippen LogP contribution in [0.25, 0.3) is 0 Å². The molecule has 224 valence electrons. The minimum atomic E-state index is -4.24. The molecule has 0 radical (unpaired) electrons. The number of likely N-dealkylation sites (N-methyl/N-ethyl adjacent to an activating group) is 1. The van der Waals surface area contributed by atoms with E-state index in [1.54, 1.807) is 73.7 Å². The number of anilines is 1. The van der Waals surface area contributed by atoms with E-state index in [4.69, 9.17) is 16.3 Å². The Balaban J connectivity index is 1.82. The summed E-state index contributed by atoms with van der Waals surface area (Å²) in [6.45, 7) is 1.48. The standard InChI is InChI=1S/C33H34ClN3O5S/c1-3-42-31-21-13-12-20-29(31)37(43(40,41)27-17-8-5-9-18-27)24-32(38)36(23-26-16-10-11-19-28(26)34)30(33(39)35-2)22-25-14-6-4-7-15-25/h4-21,30H,3,22-24H2,1-2H3,(H,35,39)/t30-/m0/s1. The minimum absolute atomic E-state index is 0.0129. The number of para-hydroxylation sites is 2. The number of sulfonamides is 1. The number of nitrogens with zero attached hydrogens (tertiary/aromatic N) is 2. The fourth-order valence-corrected chi connectivity index (χ4v) is 6.35. The van der Waals surface area contributed by atoms with Crippen molar-refractivity contribution in [2.24, 2.45) is 0 Å². The Hall–Kier alpha value is -4.34. The number of ether oxygens (including phenoxy) is 1. The maximum Gasteiger partial charge on any atom is 0.264 e. The van der Waals surface area contributed by atoms with E-state index in [0.717, 1.165) is 9.87 Å². The lowest BCUT2D eigenvalue weighted by atomic mass is 10.0. The molecule has 0 heterocycles. The summed E-state index contributed by atoms with van der Waals surface area (Å²) in [7, 11) is -2.73. The molecule has 43 heavy (non-hydrogen) atoms. The lowest BCUT2D eigenvalue weighted by Gasteiger charge is -2.34. The fraction of sp³-hybridized carbons (Fsp3) is 0.212. The molecule has 0 spiro atoms. The first kappa shape index (κ1) is 31.6. The van der Waals surface area contributed by atoms with E-state index in [0.29, 0.717) is 22.9 Å². The van der Waals surface area contributed by atoms with Gasteiger partial charge in [0.2, 0.25) is 11.8 Å². The van der Waals surface area contributed by atoms with Crippen LogP contribution in [0.3, 0.4) is 0 Å². The molecule has 0 bridgehead atoms. The van der Waals surface area contributed by atoms with Crippen LogP contribution in [0.5, 0.6) is 5.75 Å². The van der Waals surface area contributed by atoms with Gasteiger partial charge in [-0.2, -0.15) is 0 Å². The number of amides is 2. The van der Waals surface area contributed by atoms with Gasteiger partial charge in [-0.15, -0.1) is 0 Å². The molecule has 1 N–H and O–H groups in total. The van der Waals surface area contributed by atoms with E-state index in [1.165, 1.54) is 24.1 Å². The molecule has 0 aromatic heterocycles. The maximum atomic E-state index is 14.4. The van der Waals surface area contributed by atoms with Crippen molar-refractivity contribution in [2.45, 2.75) is 30.8 Å². The number of rotatable bonds is 13. The number of nitrogens with one attached hydrogen (secondary N) is 1. The third-order valence-electron chi connectivity index (χ3n) is 6.86. The van der Waals surface area contributed by atoms with Gasteiger partial charge in [-0.1, -0.05) is 90.5 Å². The van der Waals surface area contributed by atoms with Gasteiger partial charge in [-0.3, -0.25) is 13.9 Å². The molecule has 0 fully saturated rings. The highest BCUT2D eigenvalue weighted by Gasteiger charge is 2.35. The van der Waals surface area contributed by atoms with Crippen molar-refractivity contribution < 1.29 is 22.7 Å². The Kier molecular flexibility index (Phi) is 10.8. The molecule has 0 aliphatic carbocycles. The summed E-state index contributed by atoms with van der Waals surface area (Å²) < 4.78 is 35.0. The van der Waals surface area contributed by atoms with Crippen molar-refractivity contribution in [2.75, 3.05) is 24.5 Å². The molecule has 4 rings (SSSR count). The van der Waals surface area contributed by atoms with Crippen molar-refractivity contribution in [3.05, 3.63) is 125 Å². The summed E-state index contributed by atoms with van der Waals surface area (Å²) in [4.78, 5) is 29.2. The second-order valence-electron chi connectivity index (χ2n) is 9.66. The van der Waals surface area contributed by atoms with Gasteiger partial charge >= 0.3 is 0 Å². The molecule has 0 unspecified atom stereocenters. The lowest BCUT2D eigenvalue weighted by molar-refractivity contribution is -0.139. The zero-order chi connectivity index (χ0) is 30.8. The van der Waals surface area contributed by atoms with Crippen LogP contribution >= 0.6 is 11.6 Å². The van der Waals surface area contributed by atoms with Gasteiger partial charge in [0.1, 0.15) is 18.3 Å². The lowest BCUT2D eigenvalue weighted by Crippen LogP contribution is -2.53. The summed E-state index contributed by atoms with van der Waals surface area (Å²) in [5, 5.41) is 3.09. The largest absolute Gasteiger partial charge is 0.492 e. The van der Waals surface area contributed by atoms with Crippen molar-refractivity contribution in [3.8, 4) is 5.75 Å². The Labute approximate surface area is 257 Å². The average Bonchev–Trinajstić information content (AvgIpc) is 3.03. The summed E-state index contributed by atoms with van der Waals surface area (Å²) in [6, 6.07) is 30.0. The highest BCUT2D eigenvalue weighted by Crippen LogP contribution is 2.33. The third-order valence-corrected chi connectivity index (χ3v) is 9.00. The maximum absolute atomic E-state index is 14.4. The van der Waals surface area contributed by atoms with Crippen LogP contribution in [0.1, 0.15) is 18.1 Å². The van der Waals surface area contributed by atoms with Crippen LogP contribution in [0.4, 0.5) is 5.69 Å². The number of benzene rings is 4. The van der Waals surface area contributed by atoms with Crippen LogP contribution in [-0.2, 0) is 32.6 Å². The molecule has 10 heteroatoms. The van der Waals surface area contributed by atoms with E-state index in [-0.39, 0.29) is 23.5 Å². The van der Waals surface area contributed by atoms with Gasteiger partial charge in [0.15, 0.2) is 0 Å². The third kappa shape index (κ3) is 7.74. The Morgan fingerprint density at radius 2 is 1.47 bits per heavy atom. The molecule has 0 aliphatic heterocycles. The van der Waals surface area contributed by atoms with Crippen molar-refractivity contribution >= 4 is 39.1 Å². The van der Waals surface area contributed by atoms with Crippen molar-refractivity contribution in [1.29, 1.82) is 0 Å². The molecular formula is C33H34ClN3O5S. The first-order chi connectivity index (χ1) is 20.8. The Morgan fingerprint density at radius 1 is 0.860 bits per heavy atom. The Bertz CT molecular complexity index is 1630. The SMILES string of the molecule is CCOc1ccccc1N(CC(=O)N(Cc1ccccc1Cl)[C@@H](Cc1ccccc1)C(=O)NC)S(=O)(=O)c1ccccc1. The van der Waals surface area contributed by atoms with Gasteiger partial charge in [-0.25, -0.2) is 8.42 Å². The van der Waals surface area contributed by atoms with E-state index in [1.807, 2.05) is 30.3 Å². The highest BCUT2D eigenvalue weighted by molar-refractivity contribution is 7.92. The number of carbonyl (C=O) groups is 2. The molecule has 1 atom stereocenters. The van der Waals surface area contributed by atoms with E-state index >= 15 is 0 Å². The molecule has 8 nitrogen and oxygen atoms in total. The predicted octanol–water partition coefficient (Wildman–Crippen LogP) is 5.32. The molecule has 2 amide bonds. The number of halogens is 1. The summed E-state index contributed by atoms with van der Waals surface area (Å²) in [6.07, 6.45) is 0.206. The van der Waals surface area contributed by atoms with Crippen LogP contribution < -0.4 is 14.4 Å². The second kappa shape index (κ2) is 14.7. The normalized spacial score (nSPS) is 11.8. The summed E-state index contributed by atoms with van der Waals surface area (Å²) in [5.74, 6) is -0.672. The predicted molar refractivity (Wildman–Crippen MR) is 169 cm³/mol. The molecule has 4 aromatic rings. The van der Waals surface area contributed by atoms with E-state index < -0.39 is 34.4 Å². The zero-order valence-electron chi connectivity index (χ0n) is 24.0. The smallest absolute Gasteiger partial charge is 0.264 e. The monoisotopic (exact) mass is 619 g/mol. The minimum Gasteiger partial charge on any atom is -0.492 e. The zero-order valence-corrected chi connectivity index (χ0v) is 25.6. The van der Waals surface area contributed by atoms with Gasteiger partial charge < -0.3 is 15.0 Å². The summed E-state index contributed by atoms with van der Waals surface area (Å²) in [5.41, 5.74) is 1.66. The molecular weight excluding hydrogens is 586 g/mol. The van der Waals surface area contributed by atoms with Crippen LogP contribution in [-0.4, -0.2) is 51.4 Å². The van der Waals surface area contributed by atoms with Gasteiger partial charge in [0.05, 0.1) is 17.2 Å². The molecule has 4 aromatic carbocycles. The average molecular weight is 620 g/mol. The Morgan fingerprint density at radius 3 is 2.12 bits per heavy atom. The quantitative estimate of drug-likeness (QED) is 0.219.